The molecule has 0 aromatic heterocycles. The molecule has 0 fully saturated rings. The highest BCUT2D eigenvalue weighted by molar-refractivity contribution is 6.30. The van der Waals surface area contributed by atoms with Crippen LogP contribution >= 0.6 is 11.6 Å². The maximum absolute atomic E-state index is 11.9. The van der Waals surface area contributed by atoms with Gasteiger partial charge in [0.2, 0.25) is 0 Å². The molecule has 2 aromatic rings. The Morgan fingerprint density at radius 1 is 1.29 bits per heavy atom. The van der Waals surface area contributed by atoms with E-state index in [0.717, 1.165) is 0 Å². The molecule has 0 unspecified atom stereocenters. The molecule has 0 aliphatic heterocycles. The molecule has 2 aromatic carbocycles. The molecule has 0 aliphatic carbocycles. The second-order valence-corrected chi connectivity index (χ2v) is 4.83. The number of carbonyl (C=O) groups excluding carboxylic acids is 1. The molecule has 0 bridgehead atoms. The number of para-hydroxylation sites is 1. The molecule has 0 aliphatic rings. The highest BCUT2D eigenvalue weighted by Gasteiger charge is 2.12. The molecule has 0 atom stereocenters. The number of carbonyl (C=O) groups is 1. The van der Waals surface area contributed by atoms with Crippen LogP contribution in [0.25, 0.3) is 0 Å². The molecular formula is C16H16ClNO3. The zero-order valence-corrected chi connectivity index (χ0v) is 12.4. The Balaban J connectivity index is 2.16. The summed E-state index contributed by atoms with van der Waals surface area (Å²) in [4.78, 5) is 11.9. The first kappa shape index (κ1) is 15.2. The van der Waals surface area contributed by atoms with Gasteiger partial charge < -0.3 is 15.2 Å². The van der Waals surface area contributed by atoms with E-state index in [1.165, 1.54) is 6.07 Å². The van der Waals surface area contributed by atoms with E-state index in [9.17, 15) is 9.90 Å². The van der Waals surface area contributed by atoms with Crippen molar-refractivity contribution in [3.63, 3.8) is 0 Å². The Hall–Kier alpha value is -2.20. The quantitative estimate of drug-likeness (QED) is 0.824. The predicted octanol–water partition coefficient (Wildman–Crippen LogP) is 3.83. The number of hydrogen-bond acceptors (Lipinski definition) is 4. The molecule has 110 valence electrons. The number of phenols is 1. The van der Waals surface area contributed by atoms with Gasteiger partial charge in [0, 0.05) is 22.8 Å². The zero-order valence-electron chi connectivity index (χ0n) is 11.6. The van der Waals surface area contributed by atoms with Gasteiger partial charge in [-0.2, -0.15) is 0 Å². The minimum absolute atomic E-state index is 0.153. The lowest BCUT2D eigenvalue weighted by Crippen LogP contribution is -2.09. The first-order valence-corrected chi connectivity index (χ1v) is 6.97. The Bertz CT molecular complexity index is 643. The third-order valence-electron chi connectivity index (χ3n) is 2.93. The Labute approximate surface area is 128 Å². The van der Waals surface area contributed by atoms with Crippen LogP contribution in [0.15, 0.2) is 42.5 Å². The number of esters is 1. The van der Waals surface area contributed by atoms with E-state index < -0.39 is 0 Å². The van der Waals surface area contributed by atoms with Crippen molar-refractivity contribution >= 4 is 23.3 Å². The Morgan fingerprint density at radius 2 is 2.05 bits per heavy atom. The molecule has 0 radical (unpaired) electrons. The summed E-state index contributed by atoms with van der Waals surface area (Å²) in [6, 6.07) is 11.9. The minimum Gasteiger partial charge on any atom is -0.508 e. The minimum atomic E-state index is -0.379. The number of ether oxygens (including phenoxy) is 1. The van der Waals surface area contributed by atoms with Gasteiger partial charge in [-0.1, -0.05) is 23.7 Å². The highest BCUT2D eigenvalue weighted by atomic mass is 35.5. The molecule has 5 heteroatoms. The summed E-state index contributed by atoms with van der Waals surface area (Å²) in [5.74, 6) is -0.226. The third-order valence-corrected chi connectivity index (χ3v) is 3.17. The van der Waals surface area contributed by atoms with Crippen LogP contribution in [-0.2, 0) is 11.3 Å². The summed E-state index contributed by atoms with van der Waals surface area (Å²) in [6.45, 7) is 2.43. The van der Waals surface area contributed by atoms with E-state index in [4.69, 9.17) is 16.3 Å². The van der Waals surface area contributed by atoms with Crippen LogP contribution < -0.4 is 5.32 Å². The Kier molecular flexibility index (Phi) is 5.06. The van der Waals surface area contributed by atoms with Gasteiger partial charge in [-0.05, 0) is 37.3 Å². The number of aromatic hydroxyl groups is 1. The average molecular weight is 306 g/mol. The smallest absolute Gasteiger partial charge is 0.340 e. The van der Waals surface area contributed by atoms with Crippen molar-refractivity contribution in [1.82, 2.24) is 0 Å². The monoisotopic (exact) mass is 305 g/mol. The predicted molar refractivity (Wildman–Crippen MR) is 82.8 cm³/mol. The van der Waals surface area contributed by atoms with Crippen molar-refractivity contribution in [2.75, 3.05) is 11.9 Å². The van der Waals surface area contributed by atoms with Crippen molar-refractivity contribution in [3.05, 3.63) is 58.6 Å². The molecule has 0 heterocycles. The molecule has 0 saturated heterocycles. The van der Waals surface area contributed by atoms with Crippen molar-refractivity contribution in [1.29, 1.82) is 0 Å². The first-order chi connectivity index (χ1) is 10.1. The van der Waals surface area contributed by atoms with Gasteiger partial charge in [0.25, 0.3) is 0 Å². The number of halogens is 1. The fourth-order valence-corrected chi connectivity index (χ4v) is 2.10. The summed E-state index contributed by atoms with van der Waals surface area (Å²) >= 11 is 5.91. The lowest BCUT2D eigenvalue weighted by molar-refractivity contribution is 0.0527. The molecule has 4 nitrogen and oxygen atoms in total. The van der Waals surface area contributed by atoms with Gasteiger partial charge in [-0.15, -0.1) is 0 Å². The maximum atomic E-state index is 11.9. The van der Waals surface area contributed by atoms with Crippen molar-refractivity contribution < 1.29 is 14.6 Å². The number of anilines is 1. The number of nitrogens with one attached hydrogen (secondary N) is 1. The van der Waals surface area contributed by atoms with Crippen LogP contribution in [0.3, 0.4) is 0 Å². The first-order valence-electron chi connectivity index (χ1n) is 6.59. The normalized spacial score (nSPS) is 10.2. The van der Waals surface area contributed by atoms with Crippen LogP contribution in [0, 0.1) is 0 Å². The van der Waals surface area contributed by atoms with Gasteiger partial charge in [0.05, 0.1) is 12.2 Å². The van der Waals surface area contributed by atoms with Crippen molar-refractivity contribution in [2.24, 2.45) is 0 Å². The van der Waals surface area contributed by atoms with E-state index in [0.29, 0.717) is 35.0 Å². The molecule has 21 heavy (non-hydrogen) atoms. The summed E-state index contributed by atoms with van der Waals surface area (Å²) in [5.41, 5.74) is 1.76. The molecule has 0 saturated carbocycles. The molecular weight excluding hydrogens is 290 g/mol. The Morgan fingerprint density at radius 3 is 2.81 bits per heavy atom. The molecule has 2 N–H and O–H groups in total. The molecule has 2 rings (SSSR count). The third kappa shape index (κ3) is 3.89. The summed E-state index contributed by atoms with van der Waals surface area (Å²) < 4.78 is 5.01. The topological polar surface area (TPSA) is 58.6 Å². The van der Waals surface area contributed by atoms with E-state index in [1.54, 1.807) is 37.3 Å². The van der Waals surface area contributed by atoms with Gasteiger partial charge in [0.1, 0.15) is 5.75 Å². The zero-order chi connectivity index (χ0) is 15.2. The fourth-order valence-electron chi connectivity index (χ4n) is 1.91. The van der Waals surface area contributed by atoms with Crippen LogP contribution in [-0.4, -0.2) is 17.7 Å². The SMILES string of the molecule is CCOC(=O)c1ccccc1NCc1cc(Cl)ccc1O. The highest BCUT2D eigenvalue weighted by Crippen LogP contribution is 2.23. The molecule has 0 spiro atoms. The second-order valence-electron chi connectivity index (χ2n) is 4.39. The van der Waals surface area contributed by atoms with E-state index in [2.05, 4.69) is 5.32 Å². The fraction of sp³-hybridized carbons (Fsp3) is 0.188. The number of phenolic OH excluding ortho intramolecular Hbond substituents is 1. The van der Waals surface area contributed by atoms with Gasteiger partial charge >= 0.3 is 5.97 Å². The lowest BCUT2D eigenvalue weighted by Gasteiger charge is -2.12. The van der Waals surface area contributed by atoms with Gasteiger partial charge in [-0.3, -0.25) is 0 Å². The van der Waals surface area contributed by atoms with E-state index >= 15 is 0 Å². The molecule has 0 amide bonds. The number of rotatable bonds is 5. The summed E-state index contributed by atoms with van der Waals surface area (Å²) in [6.07, 6.45) is 0. The van der Waals surface area contributed by atoms with Gasteiger partial charge in [0.15, 0.2) is 0 Å². The van der Waals surface area contributed by atoms with E-state index in [-0.39, 0.29) is 11.7 Å². The van der Waals surface area contributed by atoms with Crippen molar-refractivity contribution in [3.8, 4) is 5.75 Å². The summed E-state index contributed by atoms with van der Waals surface area (Å²) in [7, 11) is 0. The van der Waals surface area contributed by atoms with Crippen LogP contribution in [0.5, 0.6) is 5.75 Å². The lowest BCUT2D eigenvalue weighted by atomic mass is 10.1. The van der Waals surface area contributed by atoms with Crippen LogP contribution in [0.4, 0.5) is 5.69 Å². The van der Waals surface area contributed by atoms with Crippen molar-refractivity contribution in [2.45, 2.75) is 13.5 Å². The van der Waals surface area contributed by atoms with Crippen LogP contribution in [0.2, 0.25) is 5.02 Å². The average Bonchev–Trinajstić information content (AvgIpc) is 2.49. The van der Waals surface area contributed by atoms with Gasteiger partial charge in [-0.25, -0.2) is 4.79 Å². The van der Waals surface area contributed by atoms with Crippen LogP contribution in [0.1, 0.15) is 22.8 Å². The maximum Gasteiger partial charge on any atom is 0.340 e. The standard InChI is InChI=1S/C16H16ClNO3/c1-2-21-16(20)13-5-3-4-6-14(13)18-10-11-9-12(17)7-8-15(11)19/h3-9,18-19H,2,10H2,1H3. The largest absolute Gasteiger partial charge is 0.508 e. The van der Waals surface area contributed by atoms with E-state index in [1.807, 2.05) is 6.07 Å². The number of hydrogen-bond donors (Lipinski definition) is 2. The second kappa shape index (κ2) is 6.99. The summed E-state index contributed by atoms with van der Waals surface area (Å²) in [5, 5.41) is 13.4. The number of benzene rings is 2.